The maximum atomic E-state index is 13.5. The van der Waals surface area contributed by atoms with Crippen LogP contribution in [0.4, 0.5) is 32.4 Å². The zero-order valence-electron chi connectivity index (χ0n) is 13.6. The van der Waals surface area contributed by atoms with Gasteiger partial charge in [-0.3, -0.25) is 0 Å². The Morgan fingerprint density at radius 3 is 1.76 bits per heavy atom. The van der Waals surface area contributed by atoms with Gasteiger partial charge in [0.25, 0.3) is 0 Å². The van der Waals surface area contributed by atoms with Crippen LogP contribution in [0.2, 0.25) is 0 Å². The molecule has 0 saturated carbocycles. The molecular formula is C13H17F5N2O4Si. The van der Waals surface area contributed by atoms with Crippen molar-refractivity contribution in [2.75, 3.05) is 31.8 Å². The topological polar surface area (TPSA) is 68.8 Å². The van der Waals surface area contributed by atoms with E-state index in [1.165, 1.54) is 7.11 Å². The smallest absolute Gasteiger partial charge is 0.376 e. The molecule has 0 atom stereocenters. The Hall–Kier alpha value is -1.76. The lowest BCUT2D eigenvalue weighted by Crippen LogP contribution is -2.55. The van der Waals surface area contributed by atoms with E-state index in [9.17, 15) is 26.7 Å². The van der Waals surface area contributed by atoms with E-state index in [0.29, 0.717) is 0 Å². The molecule has 0 heterocycles. The Morgan fingerprint density at radius 2 is 1.36 bits per heavy atom. The van der Waals surface area contributed by atoms with Crippen LogP contribution in [0.1, 0.15) is 13.8 Å². The first-order chi connectivity index (χ1) is 11.7. The van der Waals surface area contributed by atoms with E-state index in [0.717, 1.165) is 0 Å². The average molecular weight is 388 g/mol. The van der Waals surface area contributed by atoms with Crippen LogP contribution in [-0.4, -0.2) is 41.3 Å². The summed E-state index contributed by atoms with van der Waals surface area (Å²) in [5, 5.41) is 3.74. The number of hydrogen-bond acceptors (Lipinski definition) is 4. The predicted molar refractivity (Wildman–Crippen MR) is 79.3 cm³/mol. The summed E-state index contributed by atoms with van der Waals surface area (Å²) in [6.07, 6.45) is -0.285. The molecule has 6 nitrogen and oxygen atoms in total. The lowest BCUT2D eigenvalue weighted by molar-refractivity contribution is 0.0861. The molecule has 25 heavy (non-hydrogen) atoms. The van der Waals surface area contributed by atoms with Crippen molar-refractivity contribution in [1.29, 1.82) is 0 Å². The van der Waals surface area contributed by atoms with Crippen molar-refractivity contribution >= 4 is 20.5 Å². The summed E-state index contributed by atoms with van der Waals surface area (Å²) in [5.41, 5.74) is -1.47. The number of benzene rings is 1. The maximum Gasteiger partial charge on any atom is 0.520 e. The van der Waals surface area contributed by atoms with Crippen molar-refractivity contribution in [3.8, 4) is 0 Å². The van der Waals surface area contributed by atoms with Crippen LogP contribution in [0.15, 0.2) is 0 Å². The number of halogens is 5. The van der Waals surface area contributed by atoms with E-state index >= 15 is 0 Å². The highest BCUT2D eigenvalue weighted by Gasteiger charge is 2.40. The van der Waals surface area contributed by atoms with Gasteiger partial charge in [-0.1, -0.05) is 0 Å². The molecule has 0 aromatic heterocycles. The molecule has 1 rings (SSSR count). The first kappa shape index (κ1) is 21.3. The van der Waals surface area contributed by atoms with Gasteiger partial charge in [-0.05, 0) is 13.8 Å². The molecule has 0 saturated heterocycles. The maximum absolute atomic E-state index is 13.5. The zero-order valence-corrected chi connectivity index (χ0v) is 14.6. The van der Waals surface area contributed by atoms with Gasteiger partial charge in [0.15, 0.2) is 23.3 Å². The summed E-state index contributed by atoms with van der Waals surface area (Å²) < 4.78 is 82.0. The Kier molecular flexibility index (Phi) is 7.73. The summed E-state index contributed by atoms with van der Waals surface area (Å²) >= 11 is 0. The molecular weight excluding hydrogens is 371 g/mol. The SMILES string of the molecule is CCO[Si](CNC(=O)Nc1c(F)c(F)c(F)c(F)c1F)(OC)OCC. The lowest BCUT2D eigenvalue weighted by atomic mass is 10.2. The van der Waals surface area contributed by atoms with Crippen molar-refractivity contribution in [2.24, 2.45) is 0 Å². The van der Waals surface area contributed by atoms with E-state index < -0.39 is 49.6 Å². The molecule has 2 N–H and O–H groups in total. The molecule has 2 amide bonds. The molecule has 0 spiro atoms. The van der Waals surface area contributed by atoms with Gasteiger partial charge in [0.05, 0.1) is 6.17 Å². The van der Waals surface area contributed by atoms with E-state index in [1.807, 2.05) is 0 Å². The largest absolute Gasteiger partial charge is 0.520 e. The average Bonchev–Trinajstić information content (AvgIpc) is 2.60. The zero-order chi connectivity index (χ0) is 19.2. The number of rotatable bonds is 8. The highest BCUT2D eigenvalue weighted by atomic mass is 28.4. The van der Waals surface area contributed by atoms with Gasteiger partial charge in [-0.15, -0.1) is 0 Å². The van der Waals surface area contributed by atoms with Gasteiger partial charge in [0.2, 0.25) is 5.82 Å². The van der Waals surface area contributed by atoms with Crippen molar-refractivity contribution in [3.05, 3.63) is 29.1 Å². The van der Waals surface area contributed by atoms with E-state index in [1.54, 1.807) is 19.2 Å². The highest BCUT2D eigenvalue weighted by Crippen LogP contribution is 2.26. The van der Waals surface area contributed by atoms with Crippen LogP contribution < -0.4 is 10.6 Å². The third-order valence-corrected chi connectivity index (χ3v) is 5.64. The van der Waals surface area contributed by atoms with Crippen LogP contribution in [-0.2, 0) is 13.3 Å². The van der Waals surface area contributed by atoms with Gasteiger partial charge in [0, 0.05) is 20.3 Å². The Bertz CT molecular complexity index is 600. The minimum atomic E-state index is -3.28. The van der Waals surface area contributed by atoms with Crippen molar-refractivity contribution in [2.45, 2.75) is 13.8 Å². The summed E-state index contributed by atoms with van der Waals surface area (Å²) in [6.45, 7) is 3.74. The van der Waals surface area contributed by atoms with Crippen LogP contribution >= 0.6 is 0 Å². The third kappa shape index (κ3) is 4.87. The normalized spacial score (nSPS) is 11.5. The third-order valence-electron chi connectivity index (χ3n) is 2.95. The summed E-state index contributed by atoms with van der Waals surface area (Å²) in [4.78, 5) is 11.8. The van der Waals surface area contributed by atoms with Crippen LogP contribution in [0.25, 0.3) is 0 Å². The second-order valence-electron chi connectivity index (χ2n) is 4.51. The molecule has 142 valence electrons. The fourth-order valence-corrected chi connectivity index (χ4v) is 3.76. The fourth-order valence-electron chi connectivity index (χ4n) is 1.83. The number of amides is 2. The second kappa shape index (κ2) is 9.08. The van der Waals surface area contributed by atoms with E-state index in [4.69, 9.17) is 13.3 Å². The van der Waals surface area contributed by atoms with Crippen molar-refractivity contribution < 1.29 is 40.0 Å². The Labute approximate surface area is 141 Å². The number of hydrogen-bond donors (Lipinski definition) is 2. The second-order valence-corrected chi connectivity index (χ2v) is 7.21. The molecule has 0 unspecified atom stereocenters. The molecule has 0 bridgehead atoms. The number of carbonyl (C=O) groups is 1. The number of carbonyl (C=O) groups excluding carboxylic acids is 1. The van der Waals surface area contributed by atoms with Gasteiger partial charge >= 0.3 is 14.8 Å². The first-order valence-corrected chi connectivity index (χ1v) is 9.05. The van der Waals surface area contributed by atoms with Gasteiger partial charge in [-0.25, -0.2) is 26.7 Å². The van der Waals surface area contributed by atoms with E-state index in [-0.39, 0.29) is 19.4 Å². The van der Waals surface area contributed by atoms with Crippen LogP contribution in [0.5, 0.6) is 0 Å². The van der Waals surface area contributed by atoms with Crippen LogP contribution in [0, 0.1) is 29.1 Å². The molecule has 0 aliphatic heterocycles. The molecule has 12 heteroatoms. The fraction of sp³-hybridized carbons (Fsp3) is 0.462. The minimum Gasteiger partial charge on any atom is -0.376 e. The monoisotopic (exact) mass is 388 g/mol. The lowest BCUT2D eigenvalue weighted by Gasteiger charge is -2.27. The molecule has 0 fully saturated rings. The molecule has 0 aliphatic rings. The molecule has 1 aromatic rings. The summed E-state index contributed by atoms with van der Waals surface area (Å²) in [6, 6.07) is -1.23. The van der Waals surface area contributed by atoms with E-state index in [2.05, 4.69) is 5.32 Å². The van der Waals surface area contributed by atoms with Gasteiger partial charge in [-0.2, -0.15) is 0 Å². The number of anilines is 1. The minimum absolute atomic E-state index is 0.209. The van der Waals surface area contributed by atoms with Crippen LogP contribution in [0.3, 0.4) is 0 Å². The summed E-state index contributed by atoms with van der Waals surface area (Å²) in [5.74, 6) is -11.0. The number of urea groups is 1. The molecule has 1 aromatic carbocycles. The number of nitrogens with one attached hydrogen (secondary N) is 2. The molecule has 0 aliphatic carbocycles. The Morgan fingerprint density at radius 1 is 0.920 bits per heavy atom. The van der Waals surface area contributed by atoms with Crippen molar-refractivity contribution in [3.63, 3.8) is 0 Å². The standard InChI is InChI=1S/C13H17F5N2O4Si/c1-4-23-25(22-3,24-5-2)6-19-13(21)20-12-10(17)8(15)7(14)9(16)11(12)18/h4-6H2,1-3H3,(H2,19,20,21). The van der Waals surface area contributed by atoms with Gasteiger partial charge in [0.1, 0.15) is 5.69 Å². The van der Waals surface area contributed by atoms with Crippen molar-refractivity contribution in [1.82, 2.24) is 5.32 Å². The Balaban J connectivity index is 2.90. The predicted octanol–water partition coefficient (Wildman–Crippen LogP) is 2.70. The molecule has 0 radical (unpaired) electrons. The first-order valence-electron chi connectivity index (χ1n) is 7.12. The highest BCUT2D eigenvalue weighted by molar-refractivity contribution is 6.61. The van der Waals surface area contributed by atoms with Gasteiger partial charge < -0.3 is 23.9 Å². The quantitative estimate of drug-likeness (QED) is 0.311. The summed E-state index contributed by atoms with van der Waals surface area (Å²) in [7, 11) is -1.98.